The van der Waals surface area contributed by atoms with Gasteiger partial charge in [-0.3, -0.25) is 0 Å². The molecule has 0 aliphatic heterocycles. The van der Waals surface area contributed by atoms with Crippen LogP contribution >= 0.6 is 27.5 Å². The normalized spacial score (nSPS) is 27.5. The fourth-order valence-electron chi connectivity index (χ4n) is 2.58. The number of hydrogen-bond donors (Lipinski definition) is 2. The van der Waals surface area contributed by atoms with E-state index in [1.165, 1.54) is 0 Å². The van der Waals surface area contributed by atoms with Crippen molar-refractivity contribution in [2.24, 2.45) is 5.92 Å². The molecule has 2 nitrogen and oxygen atoms in total. The molecule has 0 spiro atoms. The number of halogens is 2. The van der Waals surface area contributed by atoms with Gasteiger partial charge in [-0.25, -0.2) is 0 Å². The number of hydrogen-bond acceptors (Lipinski definition) is 2. The van der Waals surface area contributed by atoms with E-state index in [9.17, 15) is 5.11 Å². The van der Waals surface area contributed by atoms with E-state index >= 15 is 0 Å². The molecule has 0 amide bonds. The average molecular weight is 347 g/mol. The van der Waals surface area contributed by atoms with Crippen LogP contribution in [0.3, 0.4) is 0 Å². The molecule has 2 N–H and O–H groups in total. The van der Waals surface area contributed by atoms with Gasteiger partial charge in [0.15, 0.2) is 0 Å². The standard InChI is InChI=1S/C15H21BrClNO/c1-11-4-6-15(19,7-5-11)10-18-9-12-8-13(17)2-3-14(12)16/h2-3,8,11,18-19H,4-7,9-10H2,1H3. The second kappa shape index (κ2) is 6.57. The minimum Gasteiger partial charge on any atom is -0.389 e. The minimum absolute atomic E-state index is 0.530. The summed E-state index contributed by atoms with van der Waals surface area (Å²) in [5.74, 6) is 0.752. The molecule has 0 aromatic heterocycles. The molecule has 0 heterocycles. The Kier molecular flexibility index (Phi) is 5.29. The van der Waals surface area contributed by atoms with Gasteiger partial charge >= 0.3 is 0 Å². The molecule has 106 valence electrons. The third-order valence-electron chi connectivity index (χ3n) is 3.98. The summed E-state index contributed by atoms with van der Waals surface area (Å²) in [5.41, 5.74) is 0.595. The molecule has 1 fully saturated rings. The first-order valence-corrected chi connectivity index (χ1v) is 8.03. The van der Waals surface area contributed by atoms with Crippen molar-refractivity contribution < 1.29 is 5.11 Å². The largest absolute Gasteiger partial charge is 0.389 e. The fourth-order valence-corrected chi connectivity index (χ4v) is 3.17. The molecule has 1 aromatic rings. The first-order valence-electron chi connectivity index (χ1n) is 6.85. The molecule has 1 aliphatic rings. The van der Waals surface area contributed by atoms with Crippen LogP contribution in [0.5, 0.6) is 0 Å². The van der Waals surface area contributed by atoms with E-state index in [1.54, 1.807) is 0 Å². The summed E-state index contributed by atoms with van der Waals surface area (Å²) >= 11 is 9.51. The van der Waals surface area contributed by atoms with E-state index in [2.05, 4.69) is 28.2 Å². The van der Waals surface area contributed by atoms with Crippen molar-refractivity contribution in [1.29, 1.82) is 0 Å². The third-order valence-corrected chi connectivity index (χ3v) is 4.99. The van der Waals surface area contributed by atoms with Crippen molar-refractivity contribution in [3.05, 3.63) is 33.3 Å². The molecule has 0 unspecified atom stereocenters. The topological polar surface area (TPSA) is 32.3 Å². The molecule has 1 saturated carbocycles. The van der Waals surface area contributed by atoms with E-state index in [0.717, 1.165) is 53.2 Å². The summed E-state index contributed by atoms with van der Waals surface area (Å²) in [4.78, 5) is 0. The predicted molar refractivity (Wildman–Crippen MR) is 83.4 cm³/mol. The summed E-state index contributed by atoms with van der Waals surface area (Å²) in [6.07, 6.45) is 4.05. The highest BCUT2D eigenvalue weighted by Crippen LogP contribution is 2.31. The maximum Gasteiger partial charge on any atom is 0.0771 e. The van der Waals surface area contributed by atoms with Crippen LogP contribution in [0.4, 0.5) is 0 Å². The van der Waals surface area contributed by atoms with Gasteiger partial charge in [0.2, 0.25) is 0 Å². The van der Waals surface area contributed by atoms with E-state index in [0.29, 0.717) is 6.54 Å². The molecule has 0 radical (unpaired) electrons. The lowest BCUT2D eigenvalue weighted by Gasteiger charge is -2.35. The maximum atomic E-state index is 10.5. The summed E-state index contributed by atoms with van der Waals surface area (Å²) in [7, 11) is 0. The van der Waals surface area contributed by atoms with Crippen LogP contribution in [0.1, 0.15) is 38.2 Å². The Hall–Kier alpha value is -0.0900. The van der Waals surface area contributed by atoms with Gasteiger partial charge in [0.25, 0.3) is 0 Å². The minimum atomic E-state index is -0.530. The van der Waals surface area contributed by atoms with E-state index in [-0.39, 0.29) is 0 Å². The van der Waals surface area contributed by atoms with Crippen molar-refractivity contribution in [3.8, 4) is 0 Å². The molecule has 2 rings (SSSR count). The van der Waals surface area contributed by atoms with Crippen LogP contribution < -0.4 is 5.32 Å². The summed E-state index contributed by atoms with van der Waals surface area (Å²) in [5, 5.41) is 14.6. The molecule has 0 atom stereocenters. The zero-order valence-corrected chi connectivity index (χ0v) is 13.6. The van der Waals surface area contributed by atoms with Gasteiger partial charge in [0.05, 0.1) is 5.60 Å². The Balaban J connectivity index is 1.84. The monoisotopic (exact) mass is 345 g/mol. The molecule has 4 heteroatoms. The van der Waals surface area contributed by atoms with E-state index < -0.39 is 5.60 Å². The lowest BCUT2D eigenvalue weighted by Crippen LogP contribution is -2.43. The van der Waals surface area contributed by atoms with Crippen LogP contribution in [-0.2, 0) is 6.54 Å². The maximum absolute atomic E-state index is 10.5. The van der Waals surface area contributed by atoms with Crippen molar-refractivity contribution in [1.82, 2.24) is 5.32 Å². The molecular formula is C15H21BrClNO. The lowest BCUT2D eigenvalue weighted by molar-refractivity contribution is -0.00630. The van der Waals surface area contributed by atoms with Gasteiger partial charge in [0, 0.05) is 22.6 Å². The Morgan fingerprint density at radius 1 is 1.42 bits per heavy atom. The van der Waals surface area contributed by atoms with Gasteiger partial charge in [-0.15, -0.1) is 0 Å². The van der Waals surface area contributed by atoms with Crippen LogP contribution in [0.2, 0.25) is 5.02 Å². The van der Waals surface area contributed by atoms with Crippen molar-refractivity contribution in [2.45, 2.75) is 44.8 Å². The summed E-state index contributed by atoms with van der Waals surface area (Å²) < 4.78 is 1.05. The lowest BCUT2D eigenvalue weighted by atomic mass is 9.79. The van der Waals surface area contributed by atoms with Gasteiger partial charge in [-0.2, -0.15) is 0 Å². The summed E-state index contributed by atoms with van der Waals surface area (Å²) in [6, 6.07) is 5.77. The Labute approximate surface area is 128 Å². The smallest absolute Gasteiger partial charge is 0.0771 e. The molecular weight excluding hydrogens is 326 g/mol. The summed E-state index contributed by atoms with van der Waals surface area (Å²) in [6.45, 7) is 3.63. The first kappa shape index (κ1) is 15.3. The number of nitrogens with one attached hydrogen (secondary N) is 1. The van der Waals surface area contributed by atoms with Gasteiger partial charge in [0.1, 0.15) is 0 Å². The molecule has 1 aliphatic carbocycles. The number of rotatable bonds is 4. The molecule has 19 heavy (non-hydrogen) atoms. The zero-order chi connectivity index (χ0) is 13.9. The highest BCUT2D eigenvalue weighted by Gasteiger charge is 2.31. The van der Waals surface area contributed by atoms with Gasteiger partial charge in [-0.05, 0) is 55.4 Å². The Bertz CT molecular complexity index is 430. The van der Waals surface area contributed by atoms with Crippen molar-refractivity contribution in [2.75, 3.05) is 6.54 Å². The highest BCUT2D eigenvalue weighted by molar-refractivity contribution is 9.10. The van der Waals surface area contributed by atoms with E-state index in [1.807, 2.05) is 18.2 Å². The van der Waals surface area contributed by atoms with Crippen LogP contribution in [0.25, 0.3) is 0 Å². The molecule has 0 saturated heterocycles. The number of aliphatic hydroxyl groups is 1. The number of benzene rings is 1. The van der Waals surface area contributed by atoms with Crippen LogP contribution in [0, 0.1) is 5.92 Å². The molecule has 1 aromatic carbocycles. The second-order valence-corrected chi connectivity index (χ2v) is 7.04. The fraction of sp³-hybridized carbons (Fsp3) is 0.600. The second-order valence-electron chi connectivity index (χ2n) is 5.75. The third kappa shape index (κ3) is 4.45. The van der Waals surface area contributed by atoms with Crippen LogP contribution in [-0.4, -0.2) is 17.3 Å². The molecule has 0 bridgehead atoms. The zero-order valence-electron chi connectivity index (χ0n) is 11.3. The van der Waals surface area contributed by atoms with E-state index in [4.69, 9.17) is 11.6 Å². The van der Waals surface area contributed by atoms with Crippen LogP contribution in [0.15, 0.2) is 22.7 Å². The Morgan fingerprint density at radius 2 is 2.11 bits per heavy atom. The van der Waals surface area contributed by atoms with Gasteiger partial charge < -0.3 is 10.4 Å². The SMILES string of the molecule is CC1CCC(O)(CNCc2cc(Cl)ccc2Br)CC1. The highest BCUT2D eigenvalue weighted by atomic mass is 79.9. The predicted octanol–water partition coefficient (Wildman–Crippen LogP) is 4.13. The van der Waals surface area contributed by atoms with Crippen molar-refractivity contribution >= 4 is 27.5 Å². The van der Waals surface area contributed by atoms with Crippen molar-refractivity contribution in [3.63, 3.8) is 0 Å². The quantitative estimate of drug-likeness (QED) is 0.859. The first-order chi connectivity index (χ1) is 8.98. The Morgan fingerprint density at radius 3 is 2.79 bits per heavy atom. The van der Waals surface area contributed by atoms with Gasteiger partial charge in [-0.1, -0.05) is 34.5 Å². The average Bonchev–Trinajstić information content (AvgIpc) is 2.38.